The number of nitrogens with zero attached hydrogens (tertiary/aromatic N) is 4. The largest absolute Gasteiger partial charge is 0.366 e. The zero-order chi connectivity index (χ0) is 20.3. The summed E-state index contributed by atoms with van der Waals surface area (Å²) in [6, 6.07) is 9.21. The van der Waals surface area contributed by atoms with E-state index in [-0.39, 0.29) is 6.04 Å². The maximum Gasteiger partial charge on any atom is 0.248 e. The van der Waals surface area contributed by atoms with Crippen molar-refractivity contribution in [3.63, 3.8) is 0 Å². The van der Waals surface area contributed by atoms with Gasteiger partial charge in [0.15, 0.2) is 0 Å². The molecule has 144 valence electrons. The van der Waals surface area contributed by atoms with Gasteiger partial charge in [-0.1, -0.05) is 18.2 Å². The van der Waals surface area contributed by atoms with E-state index in [0.717, 1.165) is 16.8 Å². The monoisotopic (exact) mass is 384 g/mol. The lowest BCUT2D eigenvalue weighted by molar-refractivity contribution is -0.114. The number of nitrogens with one attached hydrogen (secondary N) is 1. The number of anilines is 1. The highest BCUT2D eigenvalue weighted by Gasteiger charge is 2.36. The number of carbonyl (C=O) groups is 1. The molecular formula is C22H20N6O. The van der Waals surface area contributed by atoms with Gasteiger partial charge in [-0.25, -0.2) is 9.97 Å². The molecule has 7 heteroatoms. The first-order valence-electron chi connectivity index (χ1n) is 9.17. The van der Waals surface area contributed by atoms with Crippen LogP contribution in [-0.4, -0.2) is 31.9 Å². The maximum atomic E-state index is 11.8. The van der Waals surface area contributed by atoms with E-state index in [0.29, 0.717) is 11.5 Å². The van der Waals surface area contributed by atoms with E-state index in [1.807, 2.05) is 48.7 Å². The molecule has 0 bridgehead atoms. The Morgan fingerprint density at radius 2 is 1.90 bits per heavy atom. The molecule has 0 spiro atoms. The Bertz CT molecular complexity index is 1080. The Hall–Kier alpha value is -3.87. The van der Waals surface area contributed by atoms with Gasteiger partial charge in [0.2, 0.25) is 11.9 Å². The van der Waals surface area contributed by atoms with Crippen molar-refractivity contribution in [3.8, 4) is 11.3 Å². The molecule has 2 atom stereocenters. The normalized spacial score (nSPS) is 20.7. The van der Waals surface area contributed by atoms with Crippen LogP contribution in [0.2, 0.25) is 0 Å². The van der Waals surface area contributed by atoms with Gasteiger partial charge in [0.25, 0.3) is 0 Å². The molecule has 7 nitrogen and oxygen atoms in total. The number of hydrogen-bond acceptors (Lipinski definition) is 6. The van der Waals surface area contributed by atoms with Crippen LogP contribution in [0.5, 0.6) is 0 Å². The third-order valence-electron chi connectivity index (χ3n) is 5.07. The van der Waals surface area contributed by atoms with Gasteiger partial charge < -0.3 is 11.1 Å². The van der Waals surface area contributed by atoms with Gasteiger partial charge in [-0.15, -0.1) is 0 Å². The van der Waals surface area contributed by atoms with Crippen molar-refractivity contribution < 1.29 is 4.79 Å². The zero-order valence-corrected chi connectivity index (χ0v) is 15.9. The third-order valence-corrected chi connectivity index (χ3v) is 5.07. The Balaban J connectivity index is 1.71. The van der Waals surface area contributed by atoms with Gasteiger partial charge in [0, 0.05) is 47.5 Å². The summed E-state index contributed by atoms with van der Waals surface area (Å²) in [7, 11) is 0. The molecule has 1 aliphatic rings. The van der Waals surface area contributed by atoms with Crippen LogP contribution in [0.4, 0.5) is 5.95 Å². The minimum atomic E-state index is -0.480. The number of hydrogen-bond donors (Lipinski definition) is 2. The van der Waals surface area contributed by atoms with Crippen molar-refractivity contribution in [2.75, 3.05) is 5.32 Å². The molecule has 1 aliphatic carbocycles. The minimum absolute atomic E-state index is 0.302. The Labute approximate surface area is 168 Å². The fourth-order valence-corrected chi connectivity index (χ4v) is 3.33. The first-order chi connectivity index (χ1) is 14.1. The average Bonchev–Trinajstić information content (AvgIpc) is 2.76. The maximum absolute atomic E-state index is 11.8. The summed E-state index contributed by atoms with van der Waals surface area (Å²) in [5.74, 6) is -0.0341. The fraction of sp³-hybridized carbons (Fsp3) is 0.136. The van der Waals surface area contributed by atoms with E-state index in [9.17, 15) is 4.79 Å². The highest BCUT2D eigenvalue weighted by atomic mass is 16.1. The smallest absolute Gasteiger partial charge is 0.248 e. The average molecular weight is 384 g/mol. The number of amides is 1. The first-order valence-corrected chi connectivity index (χ1v) is 9.17. The van der Waals surface area contributed by atoms with E-state index in [2.05, 4.69) is 32.2 Å². The van der Waals surface area contributed by atoms with Gasteiger partial charge >= 0.3 is 0 Å². The molecule has 3 aromatic rings. The van der Waals surface area contributed by atoms with Crippen molar-refractivity contribution in [2.45, 2.75) is 18.4 Å². The van der Waals surface area contributed by atoms with Crippen molar-refractivity contribution in [2.24, 2.45) is 5.73 Å². The molecular weight excluding hydrogens is 364 g/mol. The topological polar surface area (TPSA) is 107 Å². The molecule has 29 heavy (non-hydrogen) atoms. The van der Waals surface area contributed by atoms with E-state index >= 15 is 0 Å². The van der Waals surface area contributed by atoms with Crippen LogP contribution < -0.4 is 11.1 Å². The van der Waals surface area contributed by atoms with Crippen LogP contribution in [0.1, 0.15) is 12.5 Å². The highest BCUT2D eigenvalue weighted by Crippen LogP contribution is 2.35. The van der Waals surface area contributed by atoms with E-state index in [1.165, 1.54) is 0 Å². The molecule has 0 radical (unpaired) electrons. The number of primary amides is 1. The quantitative estimate of drug-likeness (QED) is 0.700. The van der Waals surface area contributed by atoms with Gasteiger partial charge in [0.1, 0.15) is 0 Å². The minimum Gasteiger partial charge on any atom is -0.366 e. The number of rotatable bonds is 5. The SMILES string of the molecule is CC1(c2cccnc2)C=CC(C(N)=O)=CC1Nc1nccc(-c2cccnc2)n1. The number of pyridine rings is 2. The third kappa shape index (κ3) is 3.75. The molecule has 3 N–H and O–H groups in total. The summed E-state index contributed by atoms with van der Waals surface area (Å²) in [4.78, 5) is 29.1. The summed E-state index contributed by atoms with van der Waals surface area (Å²) in [6.07, 6.45) is 14.2. The Morgan fingerprint density at radius 1 is 1.10 bits per heavy atom. The van der Waals surface area contributed by atoms with Crippen molar-refractivity contribution >= 4 is 11.9 Å². The zero-order valence-electron chi connectivity index (χ0n) is 15.9. The summed E-state index contributed by atoms with van der Waals surface area (Å²) in [5.41, 5.74) is 8.12. The first kappa shape index (κ1) is 18.5. The summed E-state index contributed by atoms with van der Waals surface area (Å²) in [5, 5.41) is 3.36. The second-order valence-electron chi connectivity index (χ2n) is 6.97. The number of nitrogens with two attached hydrogens (primary N) is 1. The van der Waals surface area contributed by atoms with Crippen LogP contribution in [0, 0.1) is 0 Å². The molecule has 0 saturated carbocycles. The van der Waals surface area contributed by atoms with Crippen LogP contribution in [0.25, 0.3) is 11.3 Å². The van der Waals surface area contributed by atoms with E-state index in [4.69, 9.17) is 5.73 Å². The van der Waals surface area contributed by atoms with Gasteiger partial charge in [-0.3, -0.25) is 14.8 Å². The van der Waals surface area contributed by atoms with E-state index in [1.54, 1.807) is 30.9 Å². The lowest BCUT2D eigenvalue weighted by atomic mass is 9.73. The predicted octanol–water partition coefficient (Wildman–Crippen LogP) is 2.65. The van der Waals surface area contributed by atoms with Crippen LogP contribution in [0.15, 0.2) is 85.1 Å². The second kappa shape index (κ2) is 7.63. The van der Waals surface area contributed by atoms with Crippen molar-refractivity contribution in [1.82, 2.24) is 19.9 Å². The van der Waals surface area contributed by atoms with Gasteiger partial charge in [0.05, 0.1) is 11.7 Å². The number of carbonyl (C=O) groups excluding carboxylic acids is 1. The van der Waals surface area contributed by atoms with Crippen LogP contribution >= 0.6 is 0 Å². The Morgan fingerprint density at radius 3 is 2.59 bits per heavy atom. The van der Waals surface area contributed by atoms with Crippen molar-refractivity contribution in [1.29, 1.82) is 0 Å². The molecule has 0 saturated heterocycles. The highest BCUT2D eigenvalue weighted by molar-refractivity contribution is 5.95. The fourth-order valence-electron chi connectivity index (χ4n) is 3.33. The van der Waals surface area contributed by atoms with Gasteiger partial charge in [-0.2, -0.15) is 0 Å². The molecule has 4 rings (SSSR count). The lowest BCUT2D eigenvalue weighted by Gasteiger charge is -2.37. The van der Waals surface area contributed by atoms with Crippen LogP contribution in [0.3, 0.4) is 0 Å². The predicted molar refractivity (Wildman–Crippen MR) is 111 cm³/mol. The van der Waals surface area contributed by atoms with Crippen molar-refractivity contribution in [3.05, 3.63) is 90.7 Å². The molecule has 0 aromatic carbocycles. The molecule has 3 heterocycles. The summed E-state index contributed by atoms with van der Waals surface area (Å²) >= 11 is 0. The molecule has 2 unspecified atom stereocenters. The lowest BCUT2D eigenvalue weighted by Crippen LogP contribution is -2.42. The standard InChI is InChI=1S/C22H20N6O/c1-22(17-5-3-10-25-14-17)8-6-15(20(23)29)12-19(22)28-21-26-11-7-18(27-21)16-4-2-9-24-13-16/h2-14,19H,1H3,(H2,23,29)(H,26,27,28). The second-order valence-corrected chi connectivity index (χ2v) is 6.97. The Kier molecular flexibility index (Phi) is 4.87. The molecule has 0 fully saturated rings. The number of aromatic nitrogens is 4. The molecule has 3 aromatic heterocycles. The van der Waals surface area contributed by atoms with Gasteiger partial charge in [-0.05, 0) is 42.8 Å². The van der Waals surface area contributed by atoms with E-state index < -0.39 is 11.3 Å². The molecule has 0 aliphatic heterocycles. The summed E-state index contributed by atoms with van der Waals surface area (Å²) in [6.45, 7) is 2.07. The molecule has 1 amide bonds. The summed E-state index contributed by atoms with van der Waals surface area (Å²) < 4.78 is 0. The van der Waals surface area contributed by atoms with Crippen LogP contribution in [-0.2, 0) is 10.2 Å².